The van der Waals surface area contributed by atoms with Crippen molar-refractivity contribution in [1.29, 1.82) is 0 Å². The van der Waals surface area contributed by atoms with Crippen molar-refractivity contribution in [2.24, 2.45) is 5.73 Å². The Balaban J connectivity index is 2.13. The van der Waals surface area contributed by atoms with Crippen LogP contribution >= 0.6 is 0 Å². The summed E-state index contributed by atoms with van der Waals surface area (Å²) in [6, 6.07) is 3.92. The molecule has 0 spiro atoms. The fourth-order valence-electron chi connectivity index (χ4n) is 2.74. The maximum Gasteiger partial charge on any atom is 0.243 e. The molecule has 0 unspecified atom stereocenters. The van der Waals surface area contributed by atoms with Crippen LogP contribution in [0.4, 0.5) is 0 Å². The van der Waals surface area contributed by atoms with Crippen molar-refractivity contribution >= 4 is 11.6 Å². The zero-order chi connectivity index (χ0) is 14.3. The molecule has 0 aromatic heterocycles. The fraction of sp³-hybridized carbons (Fsp3) is 0.400. The molecule has 0 bridgehead atoms. The fourth-order valence-corrected chi connectivity index (χ4v) is 2.74. The molecule has 3 rings (SSSR count). The molecule has 1 aromatic carbocycles. The quantitative estimate of drug-likeness (QED) is 0.755. The van der Waals surface area contributed by atoms with Gasteiger partial charge in [0.2, 0.25) is 5.91 Å². The predicted octanol–water partition coefficient (Wildman–Crippen LogP) is 1.21. The van der Waals surface area contributed by atoms with Crippen LogP contribution in [0, 0.1) is 0 Å². The van der Waals surface area contributed by atoms with Gasteiger partial charge in [-0.15, -0.1) is 0 Å². The van der Waals surface area contributed by atoms with Gasteiger partial charge in [-0.3, -0.25) is 4.79 Å². The van der Waals surface area contributed by atoms with Crippen molar-refractivity contribution in [2.45, 2.75) is 25.8 Å². The van der Waals surface area contributed by atoms with Crippen LogP contribution in [0.5, 0.6) is 11.5 Å². The van der Waals surface area contributed by atoms with E-state index in [2.05, 4.69) is 19.2 Å². The van der Waals surface area contributed by atoms with Crippen LogP contribution in [-0.4, -0.2) is 24.7 Å². The molecule has 0 atom stereocenters. The van der Waals surface area contributed by atoms with Crippen molar-refractivity contribution in [3.8, 4) is 11.5 Å². The molecule has 3 N–H and O–H groups in total. The van der Waals surface area contributed by atoms with Crippen LogP contribution in [-0.2, 0) is 11.2 Å². The molecule has 0 fully saturated rings. The van der Waals surface area contributed by atoms with Gasteiger partial charge in [0.15, 0.2) is 11.5 Å². The van der Waals surface area contributed by atoms with Gasteiger partial charge in [-0.1, -0.05) is 0 Å². The number of carbonyl (C=O) groups excluding carboxylic acids is 1. The highest BCUT2D eigenvalue weighted by Crippen LogP contribution is 2.39. The van der Waals surface area contributed by atoms with Crippen LogP contribution in [0.15, 0.2) is 18.2 Å². The predicted molar refractivity (Wildman–Crippen MR) is 75.5 cm³/mol. The standard InChI is InChI=1S/C15H18N2O3/c1-15(2)8-9-5-12-13(20-4-3-19-12)6-10(9)11(17-15)7-14(16)18/h5-7,17H,3-4,8H2,1-2H3,(H2,16,18)/b11-7-. The minimum Gasteiger partial charge on any atom is -0.486 e. The number of nitrogens with two attached hydrogens (primary N) is 1. The van der Waals surface area contributed by atoms with Crippen LogP contribution in [0.2, 0.25) is 0 Å². The number of hydrogen-bond acceptors (Lipinski definition) is 4. The second kappa shape index (κ2) is 4.44. The molecule has 1 amide bonds. The van der Waals surface area contributed by atoms with Crippen molar-refractivity contribution in [2.75, 3.05) is 13.2 Å². The van der Waals surface area contributed by atoms with Gasteiger partial charge in [0.1, 0.15) is 13.2 Å². The maximum atomic E-state index is 11.2. The zero-order valence-corrected chi connectivity index (χ0v) is 11.7. The number of ether oxygens (including phenoxy) is 2. The molecule has 20 heavy (non-hydrogen) atoms. The van der Waals surface area contributed by atoms with Crippen LogP contribution in [0.1, 0.15) is 25.0 Å². The van der Waals surface area contributed by atoms with Gasteiger partial charge < -0.3 is 20.5 Å². The smallest absolute Gasteiger partial charge is 0.243 e. The summed E-state index contributed by atoms with van der Waals surface area (Å²) < 4.78 is 11.2. The highest BCUT2D eigenvalue weighted by molar-refractivity contribution is 5.94. The van der Waals surface area contributed by atoms with Crippen LogP contribution in [0.25, 0.3) is 5.70 Å². The third-order valence-corrected chi connectivity index (χ3v) is 3.45. The van der Waals surface area contributed by atoms with E-state index in [0.717, 1.165) is 29.0 Å². The topological polar surface area (TPSA) is 73.6 Å². The summed E-state index contributed by atoms with van der Waals surface area (Å²) in [5, 5.41) is 3.35. The lowest BCUT2D eigenvalue weighted by molar-refractivity contribution is -0.113. The lowest BCUT2D eigenvalue weighted by Gasteiger charge is -2.36. The van der Waals surface area contributed by atoms with E-state index in [9.17, 15) is 4.79 Å². The monoisotopic (exact) mass is 274 g/mol. The molecular formula is C15H18N2O3. The van der Waals surface area contributed by atoms with E-state index in [1.54, 1.807) is 0 Å². The average Bonchev–Trinajstić information content (AvgIpc) is 2.35. The molecule has 1 aromatic rings. The number of hydrogen-bond donors (Lipinski definition) is 2. The lowest BCUT2D eigenvalue weighted by atomic mass is 9.85. The number of nitrogens with one attached hydrogen (secondary N) is 1. The SMILES string of the molecule is CC1(C)Cc2cc3c(cc2/C(=C/C(N)=O)N1)OCCO3. The largest absolute Gasteiger partial charge is 0.486 e. The van der Waals surface area contributed by atoms with Gasteiger partial charge in [0.25, 0.3) is 0 Å². The Kier molecular flexibility index (Phi) is 2.85. The molecule has 2 aliphatic rings. The van der Waals surface area contributed by atoms with Gasteiger partial charge in [-0.2, -0.15) is 0 Å². The van der Waals surface area contributed by atoms with Gasteiger partial charge >= 0.3 is 0 Å². The average molecular weight is 274 g/mol. The molecule has 5 heteroatoms. The first kappa shape index (κ1) is 12.8. The van der Waals surface area contributed by atoms with E-state index in [-0.39, 0.29) is 5.54 Å². The number of primary amides is 1. The molecule has 0 saturated carbocycles. The number of amides is 1. The Morgan fingerprint density at radius 3 is 2.60 bits per heavy atom. The highest BCUT2D eigenvalue weighted by atomic mass is 16.6. The first-order valence-corrected chi connectivity index (χ1v) is 6.67. The third kappa shape index (κ3) is 2.31. The molecular weight excluding hydrogens is 256 g/mol. The number of rotatable bonds is 1. The zero-order valence-electron chi connectivity index (χ0n) is 11.7. The Morgan fingerprint density at radius 2 is 1.95 bits per heavy atom. The second-order valence-corrected chi connectivity index (χ2v) is 5.80. The summed E-state index contributed by atoms with van der Waals surface area (Å²) >= 11 is 0. The summed E-state index contributed by atoms with van der Waals surface area (Å²) in [6.07, 6.45) is 2.27. The lowest BCUT2D eigenvalue weighted by Crippen LogP contribution is -2.44. The van der Waals surface area contributed by atoms with E-state index in [1.807, 2.05) is 12.1 Å². The number of benzene rings is 1. The van der Waals surface area contributed by atoms with Gasteiger partial charge in [0, 0.05) is 22.9 Å². The van der Waals surface area contributed by atoms with Crippen molar-refractivity contribution in [3.05, 3.63) is 29.3 Å². The van der Waals surface area contributed by atoms with Gasteiger partial charge in [0.05, 0.1) is 0 Å². The maximum absolute atomic E-state index is 11.2. The molecule has 0 saturated heterocycles. The number of carbonyl (C=O) groups is 1. The van der Waals surface area contributed by atoms with E-state index in [0.29, 0.717) is 19.0 Å². The summed E-state index contributed by atoms with van der Waals surface area (Å²) in [5.41, 5.74) is 7.97. The second-order valence-electron chi connectivity index (χ2n) is 5.80. The first-order valence-electron chi connectivity index (χ1n) is 6.67. The van der Waals surface area contributed by atoms with E-state index >= 15 is 0 Å². The summed E-state index contributed by atoms with van der Waals surface area (Å²) in [5.74, 6) is 1.02. The minimum absolute atomic E-state index is 0.141. The molecule has 106 valence electrons. The first-order chi connectivity index (χ1) is 9.44. The summed E-state index contributed by atoms with van der Waals surface area (Å²) in [6.45, 7) is 5.28. The van der Waals surface area contributed by atoms with Crippen LogP contribution < -0.4 is 20.5 Å². The van der Waals surface area contributed by atoms with Crippen molar-refractivity contribution in [3.63, 3.8) is 0 Å². The Bertz CT molecular complexity index is 605. The third-order valence-electron chi connectivity index (χ3n) is 3.45. The molecule has 2 aliphatic heterocycles. The molecule has 5 nitrogen and oxygen atoms in total. The summed E-state index contributed by atoms with van der Waals surface area (Å²) in [7, 11) is 0. The molecule has 2 heterocycles. The van der Waals surface area contributed by atoms with E-state index in [1.165, 1.54) is 6.08 Å². The molecule has 0 aliphatic carbocycles. The van der Waals surface area contributed by atoms with Crippen molar-refractivity contribution in [1.82, 2.24) is 5.32 Å². The van der Waals surface area contributed by atoms with E-state index < -0.39 is 5.91 Å². The Labute approximate surface area is 117 Å². The molecule has 0 radical (unpaired) electrons. The minimum atomic E-state index is -0.467. The summed E-state index contributed by atoms with van der Waals surface area (Å²) in [4.78, 5) is 11.2. The van der Waals surface area contributed by atoms with Gasteiger partial charge in [-0.05, 0) is 38.0 Å². The Hall–Kier alpha value is -2.17. The normalized spacial score (nSPS) is 21.0. The number of fused-ring (bicyclic) bond motifs is 2. The van der Waals surface area contributed by atoms with Crippen LogP contribution in [0.3, 0.4) is 0 Å². The Morgan fingerprint density at radius 1 is 1.30 bits per heavy atom. The highest BCUT2D eigenvalue weighted by Gasteiger charge is 2.30. The van der Waals surface area contributed by atoms with Gasteiger partial charge in [-0.25, -0.2) is 0 Å². The van der Waals surface area contributed by atoms with Crippen molar-refractivity contribution < 1.29 is 14.3 Å². The van der Waals surface area contributed by atoms with E-state index in [4.69, 9.17) is 15.2 Å².